The second kappa shape index (κ2) is 14.1. The molecule has 0 unspecified atom stereocenters. The molecule has 3 aromatic heterocycles. The van der Waals surface area contributed by atoms with Crippen molar-refractivity contribution in [2.45, 2.75) is 84.8 Å². The molecule has 11 heteroatoms. The van der Waals surface area contributed by atoms with Crippen molar-refractivity contribution in [1.82, 2.24) is 29.3 Å². The molecule has 2 N–H and O–H groups in total. The van der Waals surface area contributed by atoms with Gasteiger partial charge in [-0.3, -0.25) is 4.68 Å². The van der Waals surface area contributed by atoms with Gasteiger partial charge in [-0.05, 0) is 77.0 Å². The molecule has 2 fully saturated rings. The fourth-order valence-corrected chi connectivity index (χ4v) is 6.36. The van der Waals surface area contributed by atoms with Crippen molar-refractivity contribution in [3.8, 4) is 0 Å². The lowest BCUT2D eigenvalue weighted by Crippen LogP contribution is -2.45. The molecule has 0 bridgehead atoms. The van der Waals surface area contributed by atoms with Crippen LogP contribution >= 0.6 is 0 Å². The maximum atomic E-state index is 12.4. The van der Waals surface area contributed by atoms with Crippen molar-refractivity contribution in [3.63, 3.8) is 0 Å². The van der Waals surface area contributed by atoms with Crippen LogP contribution in [0.5, 0.6) is 0 Å². The molecule has 46 heavy (non-hydrogen) atoms. The SMILES string of the molecule is CC.Cc1ccc(C2(CO)CCN(c3cccn4nc(Nc5cnn(CC6CCN(C(=O)OC(C)(C)C)CC6)c5)nc34)CC2)cc1. The van der Waals surface area contributed by atoms with E-state index in [-0.39, 0.29) is 18.1 Å². The zero-order valence-electron chi connectivity index (χ0n) is 28.2. The van der Waals surface area contributed by atoms with Crippen molar-refractivity contribution < 1.29 is 14.6 Å². The van der Waals surface area contributed by atoms with Gasteiger partial charge in [-0.2, -0.15) is 10.1 Å². The minimum absolute atomic E-state index is 0.145. The Hall–Kier alpha value is -4.12. The molecule has 2 aliphatic rings. The number of aryl methyl sites for hydroxylation is 1. The van der Waals surface area contributed by atoms with Crippen LogP contribution in [-0.2, 0) is 16.7 Å². The average molecular weight is 631 g/mol. The summed E-state index contributed by atoms with van der Waals surface area (Å²) in [5.41, 5.74) is 4.41. The van der Waals surface area contributed by atoms with Crippen LogP contribution in [0.1, 0.15) is 71.4 Å². The van der Waals surface area contributed by atoms with E-state index in [1.807, 2.05) is 62.3 Å². The summed E-state index contributed by atoms with van der Waals surface area (Å²) >= 11 is 0. The number of nitrogens with zero attached hydrogens (tertiary/aromatic N) is 7. The molecule has 5 heterocycles. The highest BCUT2D eigenvalue weighted by Gasteiger charge is 2.36. The monoisotopic (exact) mass is 630 g/mol. The molecule has 2 saturated heterocycles. The van der Waals surface area contributed by atoms with Gasteiger partial charge in [0.05, 0.1) is 24.2 Å². The van der Waals surface area contributed by atoms with Gasteiger partial charge in [-0.25, -0.2) is 9.31 Å². The van der Waals surface area contributed by atoms with E-state index >= 15 is 0 Å². The minimum atomic E-state index is -0.480. The number of benzene rings is 1. The number of pyridine rings is 1. The zero-order chi connectivity index (χ0) is 32.9. The molecule has 6 rings (SSSR count). The fourth-order valence-electron chi connectivity index (χ4n) is 6.36. The molecule has 1 amide bonds. The normalized spacial score (nSPS) is 17.0. The summed E-state index contributed by atoms with van der Waals surface area (Å²) < 4.78 is 9.29. The Morgan fingerprint density at radius 3 is 2.41 bits per heavy atom. The van der Waals surface area contributed by atoms with Gasteiger partial charge in [-0.1, -0.05) is 43.7 Å². The summed E-state index contributed by atoms with van der Waals surface area (Å²) in [6.07, 6.45) is 9.03. The van der Waals surface area contributed by atoms with Gasteiger partial charge < -0.3 is 25.0 Å². The molecule has 2 aliphatic heterocycles. The third-order valence-corrected chi connectivity index (χ3v) is 8.97. The summed E-state index contributed by atoms with van der Waals surface area (Å²) in [7, 11) is 0. The first-order chi connectivity index (χ1) is 22.1. The number of anilines is 3. The number of aliphatic hydroxyl groups excluding tert-OH is 1. The van der Waals surface area contributed by atoms with Crippen molar-refractivity contribution in [2.24, 2.45) is 5.92 Å². The number of hydrogen-bond donors (Lipinski definition) is 2. The van der Waals surface area contributed by atoms with Crippen LogP contribution in [0.3, 0.4) is 0 Å². The highest BCUT2D eigenvalue weighted by Crippen LogP contribution is 2.37. The zero-order valence-corrected chi connectivity index (χ0v) is 28.2. The van der Waals surface area contributed by atoms with Crippen molar-refractivity contribution in [1.29, 1.82) is 0 Å². The molecule has 0 aliphatic carbocycles. The number of piperidine rings is 2. The predicted molar refractivity (Wildman–Crippen MR) is 182 cm³/mol. The Kier molecular flexibility index (Phi) is 10.2. The van der Waals surface area contributed by atoms with Crippen LogP contribution in [0.4, 0.5) is 22.1 Å². The van der Waals surface area contributed by atoms with Crippen LogP contribution in [0, 0.1) is 12.8 Å². The van der Waals surface area contributed by atoms with E-state index < -0.39 is 5.60 Å². The first kappa shape index (κ1) is 33.2. The molecular weight excluding hydrogens is 580 g/mol. The van der Waals surface area contributed by atoms with Crippen molar-refractivity contribution >= 4 is 29.1 Å². The lowest BCUT2D eigenvalue weighted by atomic mass is 9.73. The van der Waals surface area contributed by atoms with Gasteiger partial charge in [-0.15, -0.1) is 5.10 Å². The van der Waals surface area contributed by atoms with E-state index in [1.54, 1.807) is 11.1 Å². The molecule has 248 valence electrons. The number of aliphatic hydroxyl groups is 1. The number of amides is 1. The number of aromatic nitrogens is 5. The second-order valence-corrected chi connectivity index (χ2v) is 13.4. The summed E-state index contributed by atoms with van der Waals surface area (Å²) in [6.45, 7) is 15.8. The molecule has 0 saturated carbocycles. The summed E-state index contributed by atoms with van der Waals surface area (Å²) in [6, 6.07) is 12.7. The third-order valence-electron chi connectivity index (χ3n) is 8.97. The van der Waals surface area contributed by atoms with E-state index in [1.165, 1.54) is 11.1 Å². The smallest absolute Gasteiger partial charge is 0.410 e. The summed E-state index contributed by atoms with van der Waals surface area (Å²) in [5.74, 6) is 0.960. The summed E-state index contributed by atoms with van der Waals surface area (Å²) in [4.78, 5) is 21.4. The van der Waals surface area contributed by atoms with E-state index in [2.05, 4.69) is 57.7 Å². The number of fused-ring (bicyclic) bond motifs is 1. The first-order valence-corrected chi connectivity index (χ1v) is 16.7. The molecule has 11 nitrogen and oxygen atoms in total. The van der Waals surface area contributed by atoms with Gasteiger partial charge in [0.25, 0.3) is 0 Å². The number of carbonyl (C=O) groups is 1. The maximum Gasteiger partial charge on any atom is 0.410 e. The van der Waals surface area contributed by atoms with Crippen LogP contribution in [0.15, 0.2) is 55.0 Å². The van der Waals surface area contributed by atoms with Gasteiger partial charge in [0, 0.05) is 50.5 Å². The van der Waals surface area contributed by atoms with Crippen LogP contribution in [-0.4, -0.2) is 78.9 Å². The Balaban J connectivity index is 0.00000204. The van der Waals surface area contributed by atoms with Gasteiger partial charge >= 0.3 is 6.09 Å². The van der Waals surface area contributed by atoms with Crippen LogP contribution in [0.25, 0.3) is 5.65 Å². The van der Waals surface area contributed by atoms with E-state index in [9.17, 15) is 9.90 Å². The largest absolute Gasteiger partial charge is 0.444 e. The molecule has 1 aromatic carbocycles. The number of hydrogen-bond acceptors (Lipinski definition) is 8. The standard InChI is InChI=1S/C33H44N8O3.C2H6/c1-24-7-9-26(10-8-24)33(23-42)13-18-38(19-14-33)28-6-5-15-41-29(28)36-30(37-41)35-27-20-34-40(22-27)21-25-11-16-39(17-12-25)31(43)44-32(2,3)4;1-2/h5-10,15,20,22,25,42H,11-14,16-19,21,23H2,1-4H3,(H,35,37);1-2H3. The first-order valence-electron chi connectivity index (χ1n) is 16.7. The van der Waals surface area contributed by atoms with E-state index in [4.69, 9.17) is 9.72 Å². The summed E-state index contributed by atoms with van der Waals surface area (Å²) in [5, 5.41) is 23.0. The Labute approximate surface area is 272 Å². The number of ether oxygens (including phenoxy) is 1. The van der Waals surface area contributed by atoms with Crippen LogP contribution < -0.4 is 10.2 Å². The number of rotatable bonds is 7. The number of likely N-dealkylation sites (tertiary alicyclic amines) is 1. The minimum Gasteiger partial charge on any atom is -0.444 e. The number of carbonyl (C=O) groups excluding carboxylic acids is 1. The molecule has 4 aromatic rings. The lowest BCUT2D eigenvalue weighted by molar-refractivity contribution is 0.0177. The maximum absolute atomic E-state index is 12.4. The molecule has 0 spiro atoms. The van der Waals surface area contributed by atoms with Gasteiger partial charge in [0.15, 0.2) is 5.65 Å². The third kappa shape index (κ3) is 7.63. The Morgan fingerprint density at radius 1 is 1.07 bits per heavy atom. The highest BCUT2D eigenvalue weighted by molar-refractivity contribution is 5.71. The van der Waals surface area contributed by atoms with E-state index in [0.29, 0.717) is 25.0 Å². The second-order valence-electron chi connectivity index (χ2n) is 13.4. The van der Waals surface area contributed by atoms with Gasteiger partial charge in [0.2, 0.25) is 5.95 Å². The Bertz CT molecular complexity index is 1570. The molecule has 0 atom stereocenters. The predicted octanol–water partition coefficient (Wildman–Crippen LogP) is 6.18. The molecular formula is C35H50N8O3. The van der Waals surface area contributed by atoms with E-state index in [0.717, 1.165) is 62.3 Å². The van der Waals surface area contributed by atoms with Crippen LogP contribution in [0.2, 0.25) is 0 Å². The highest BCUT2D eigenvalue weighted by atomic mass is 16.6. The Morgan fingerprint density at radius 2 is 1.76 bits per heavy atom. The fraction of sp³-hybridized carbons (Fsp3) is 0.543. The van der Waals surface area contributed by atoms with Gasteiger partial charge in [0.1, 0.15) is 5.60 Å². The molecule has 0 radical (unpaired) electrons. The van der Waals surface area contributed by atoms with Crippen molar-refractivity contribution in [2.75, 3.05) is 43.0 Å². The quantitative estimate of drug-likeness (QED) is 0.249. The average Bonchev–Trinajstić information content (AvgIpc) is 3.68. The topological polar surface area (TPSA) is 113 Å². The lowest BCUT2D eigenvalue weighted by Gasteiger charge is -2.42. The van der Waals surface area contributed by atoms with Crippen molar-refractivity contribution in [3.05, 3.63) is 66.1 Å². The number of nitrogens with one attached hydrogen (secondary N) is 1.